The molecule has 0 saturated carbocycles. The van der Waals surface area contributed by atoms with Crippen LogP contribution in [-0.2, 0) is 25.2 Å². The summed E-state index contributed by atoms with van der Waals surface area (Å²) in [6.07, 6.45) is -0.265. The van der Waals surface area contributed by atoms with E-state index in [-0.39, 0.29) is 17.6 Å². The van der Waals surface area contributed by atoms with E-state index in [0.29, 0.717) is 16.8 Å². The van der Waals surface area contributed by atoms with Crippen molar-refractivity contribution in [1.82, 2.24) is 13.9 Å². The summed E-state index contributed by atoms with van der Waals surface area (Å²) in [6.45, 7) is 6.13. The van der Waals surface area contributed by atoms with E-state index in [0.717, 1.165) is 10.6 Å². The maximum absolute atomic E-state index is 13.9. The predicted octanol–water partition coefficient (Wildman–Crippen LogP) is 1.89. The Morgan fingerprint density at radius 1 is 1.00 bits per heavy atom. The first kappa shape index (κ1) is 25.5. The zero-order valence-electron chi connectivity index (χ0n) is 22.6. The van der Waals surface area contributed by atoms with E-state index in [2.05, 4.69) is 4.98 Å². The molecule has 5 heterocycles. The Bertz CT molecular complexity index is 1870. The molecule has 4 aliphatic rings. The van der Waals surface area contributed by atoms with Crippen molar-refractivity contribution in [3.63, 3.8) is 0 Å². The summed E-state index contributed by atoms with van der Waals surface area (Å²) in [7, 11) is -4.01. The monoisotopic (exact) mass is 564 g/mol. The summed E-state index contributed by atoms with van der Waals surface area (Å²) < 4.78 is 35.6. The molecule has 3 aromatic rings. The second-order valence-corrected chi connectivity index (χ2v) is 14.0. The van der Waals surface area contributed by atoms with Gasteiger partial charge in [0.05, 0.1) is 34.3 Å². The lowest BCUT2D eigenvalue weighted by Gasteiger charge is -2.46. The third-order valence-corrected chi connectivity index (χ3v) is 10.6. The van der Waals surface area contributed by atoms with Crippen LogP contribution in [0.2, 0.25) is 0 Å². The number of aromatic nitrogens is 2. The summed E-state index contributed by atoms with van der Waals surface area (Å²) in [5, 5.41) is 12.7. The number of anilines is 1. The molecule has 1 spiro atoms. The van der Waals surface area contributed by atoms with Gasteiger partial charge < -0.3 is 9.84 Å². The summed E-state index contributed by atoms with van der Waals surface area (Å²) in [6, 6.07) is 12.4. The number of ketones is 1. The average molecular weight is 565 g/mol. The number of Topliss-reactive ketones (excluding diaryl/α,β-unsaturated/α-hetero) is 1. The van der Waals surface area contributed by atoms with Gasteiger partial charge in [0.25, 0.3) is 5.56 Å². The zero-order chi connectivity index (χ0) is 28.8. The molecule has 2 fully saturated rings. The Labute approximate surface area is 230 Å². The van der Waals surface area contributed by atoms with Gasteiger partial charge in [-0.25, -0.2) is 13.4 Å². The second-order valence-electron chi connectivity index (χ2n) is 12.2. The maximum Gasteiger partial charge on any atom is 0.262 e. The number of carbonyl (C=O) groups excluding carboxylic acids is 2. The first-order valence-corrected chi connectivity index (χ1v) is 14.9. The average Bonchev–Trinajstić information content (AvgIpc) is 3.42. The quantitative estimate of drug-likeness (QED) is 0.473. The lowest BCUT2D eigenvalue weighted by atomic mass is 9.72. The van der Waals surface area contributed by atoms with Crippen molar-refractivity contribution in [2.24, 2.45) is 5.41 Å². The maximum atomic E-state index is 13.9. The molecule has 11 nitrogen and oxygen atoms in total. The molecule has 2 saturated heterocycles. The van der Waals surface area contributed by atoms with E-state index in [1.54, 1.807) is 48.5 Å². The Morgan fingerprint density at radius 2 is 1.65 bits per heavy atom. The van der Waals surface area contributed by atoms with Gasteiger partial charge in [-0.2, -0.15) is 4.31 Å². The van der Waals surface area contributed by atoms with Crippen molar-refractivity contribution in [2.45, 2.75) is 63.3 Å². The summed E-state index contributed by atoms with van der Waals surface area (Å²) >= 11 is 0. The minimum atomic E-state index is -4.01. The van der Waals surface area contributed by atoms with Crippen LogP contribution < -0.4 is 10.5 Å². The molecule has 2 aromatic carbocycles. The molecule has 4 aliphatic heterocycles. The third-order valence-electron chi connectivity index (χ3n) is 9.23. The second kappa shape index (κ2) is 7.24. The van der Waals surface area contributed by atoms with Crippen molar-refractivity contribution in [3.8, 4) is 0 Å². The minimum Gasteiger partial charge on any atom is -0.363 e. The van der Waals surface area contributed by atoms with Gasteiger partial charge in [-0.1, -0.05) is 30.3 Å². The third kappa shape index (κ3) is 2.68. The number of benzene rings is 2. The molecule has 4 atom stereocenters. The molecular weight excluding hydrogens is 536 g/mol. The van der Waals surface area contributed by atoms with Crippen LogP contribution in [0.4, 0.5) is 5.69 Å². The largest absolute Gasteiger partial charge is 0.363 e. The van der Waals surface area contributed by atoms with E-state index in [1.807, 2.05) is 0 Å². The van der Waals surface area contributed by atoms with Crippen LogP contribution in [0.5, 0.6) is 0 Å². The van der Waals surface area contributed by atoms with Gasteiger partial charge >= 0.3 is 0 Å². The number of rotatable bonds is 1. The molecule has 1 amide bonds. The predicted molar refractivity (Wildman–Crippen MR) is 144 cm³/mol. The number of ether oxygens (including phenoxy) is 1. The Hall–Kier alpha value is -3.45. The van der Waals surface area contributed by atoms with Crippen LogP contribution in [-0.4, -0.2) is 62.8 Å². The molecule has 7 rings (SSSR count). The summed E-state index contributed by atoms with van der Waals surface area (Å²) in [5.41, 5.74) is -3.87. The highest BCUT2D eigenvalue weighted by Gasteiger charge is 2.77. The van der Waals surface area contributed by atoms with Crippen LogP contribution in [0.25, 0.3) is 10.9 Å². The standard InChI is InChI=1S/C28H28N4O7S/c1-25(2)20(33)21-29-17-12-8-6-10-15(17)22(34)31(21)19-14-27(39-28(19,25)36)16-11-7-9-13-18(16)30-23(27)32(40(5,37)38)26(3,4)24(30)35/h6-13,19,23,36H,14H2,1-5H3. The van der Waals surface area contributed by atoms with Crippen LogP contribution in [0.15, 0.2) is 53.3 Å². The summed E-state index contributed by atoms with van der Waals surface area (Å²) in [4.78, 5) is 47.6. The van der Waals surface area contributed by atoms with Crippen molar-refractivity contribution in [1.29, 1.82) is 0 Å². The fraction of sp³-hybridized carbons (Fsp3) is 0.429. The van der Waals surface area contributed by atoms with Crippen LogP contribution in [0, 0.1) is 5.41 Å². The molecule has 0 bridgehead atoms. The van der Waals surface area contributed by atoms with E-state index in [1.165, 1.54) is 37.2 Å². The minimum absolute atomic E-state index is 0.0965. The van der Waals surface area contributed by atoms with Gasteiger partial charge in [0.15, 0.2) is 5.82 Å². The van der Waals surface area contributed by atoms with Crippen molar-refractivity contribution in [3.05, 3.63) is 70.3 Å². The first-order chi connectivity index (χ1) is 18.6. The first-order valence-electron chi connectivity index (χ1n) is 13.0. The highest BCUT2D eigenvalue weighted by molar-refractivity contribution is 7.88. The van der Waals surface area contributed by atoms with E-state index >= 15 is 0 Å². The molecular formula is C28H28N4O7S. The van der Waals surface area contributed by atoms with Gasteiger partial charge in [0.2, 0.25) is 27.5 Å². The number of carbonyl (C=O) groups is 2. The van der Waals surface area contributed by atoms with E-state index in [4.69, 9.17) is 4.74 Å². The number of hydrogen-bond donors (Lipinski definition) is 1. The Morgan fingerprint density at radius 3 is 2.35 bits per heavy atom. The molecule has 208 valence electrons. The SMILES string of the molecule is CC1(C)C(=O)N2c3ccccc3C3(CC4n5c(nc6ccccc6c5=O)C(=O)C(C)(C)C4(O)O3)C2N1S(C)(=O)=O. The Kier molecular flexibility index (Phi) is 4.62. The fourth-order valence-electron chi connectivity index (χ4n) is 7.31. The zero-order valence-corrected chi connectivity index (χ0v) is 23.4. The lowest BCUT2D eigenvalue weighted by molar-refractivity contribution is -0.288. The highest BCUT2D eigenvalue weighted by Crippen LogP contribution is 2.66. The van der Waals surface area contributed by atoms with Crippen molar-refractivity contribution in [2.75, 3.05) is 11.2 Å². The van der Waals surface area contributed by atoms with Gasteiger partial charge in [-0.05, 0) is 45.9 Å². The molecule has 1 aromatic heterocycles. The van der Waals surface area contributed by atoms with Crippen molar-refractivity contribution >= 4 is 38.3 Å². The van der Waals surface area contributed by atoms with E-state index < -0.39 is 61.8 Å². The van der Waals surface area contributed by atoms with Gasteiger partial charge in [0.1, 0.15) is 17.3 Å². The van der Waals surface area contributed by atoms with E-state index in [9.17, 15) is 27.9 Å². The number of amides is 1. The Balaban J connectivity index is 1.55. The van der Waals surface area contributed by atoms with Crippen LogP contribution >= 0.6 is 0 Å². The van der Waals surface area contributed by atoms with Gasteiger partial charge in [-0.3, -0.25) is 23.9 Å². The highest BCUT2D eigenvalue weighted by atomic mass is 32.2. The number of fused-ring (bicyclic) bond motifs is 9. The van der Waals surface area contributed by atoms with Crippen LogP contribution in [0.1, 0.15) is 56.3 Å². The molecule has 40 heavy (non-hydrogen) atoms. The number of para-hydroxylation sites is 2. The molecule has 12 heteroatoms. The molecule has 0 aliphatic carbocycles. The van der Waals surface area contributed by atoms with Gasteiger partial charge in [0, 0.05) is 12.0 Å². The summed E-state index contributed by atoms with van der Waals surface area (Å²) in [5.74, 6) is -3.38. The number of sulfonamides is 1. The van der Waals surface area contributed by atoms with Crippen molar-refractivity contribution < 1.29 is 27.9 Å². The lowest BCUT2D eigenvalue weighted by Crippen LogP contribution is -2.61. The number of hydrogen-bond acceptors (Lipinski definition) is 8. The molecule has 1 N–H and O–H groups in total. The fourth-order valence-corrected chi connectivity index (χ4v) is 8.84. The number of nitrogens with zero attached hydrogens (tertiary/aromatic N) is 4. The smallest absolute Gasteiger partial charge is 0.262 e. The van der Waals surface area contributed by atoms with Crippen LogP contribution in [0.3, 0.4) is 0 Å². The number of aliphatic hydroxyl groups is 1. The molecule has 0 radical (unpaired) electrons. The topological polar surface area (TPSA) is 139 Å². The normalized spacial score (nSPS) is 31.9. The molecule has 4 unspecified atom stereocenters. The van der Waals surface area contributed by atoms with Gasteiger partial charge in [-0.15, -0.1) is 0 Å².